The van der Waals surface area contributed by atoms with Crippen LogP contribution in [0.3, 0.4) is 0 Å². The van der Waals surface area contributed by atoms with Crippen molar-refractivity contribution in [2.75, 3.05) is 6.61 Å². The molecular formula is C13H16O2. The SMILES string of the molecule is CC=CCOC(C)C(=O)c1ccccc1. The third-order valence-corrected chi connectivity index (χ3v) is 2.11. The Hall–Kier alpha value is -1.41. The van der Waals surface area contributed by atoms with Crippen LogP contribution in [0.15, 0.2) is 42.5 Å². The van der Waals surface area contributed by atoms with Gasteiger partial charge >= 0.3 is 0 Å². The number of benzene rings is 1. The highest BCUT2D eigenvalue weighted by atomic mass is 16.5. The van der Waals surface area contributed by atoms with Gasteiger partial charge in [0.05, 0.1) is 6.61 Å². The fourth-order valence-corrected chi connectivity index (χ4v) is 1.21. The molecule has 80 valence electrons. The fraction of sp³-hybridized carbons (Fsp3) is 0.308. The largest absolute Gasteiger partial charge is 0.366 e. The summed E-state index contributed by atoms with van der Waals surface area (Å²) < 4.78 is 5.36. The van der Waals surface area contributed by atoms with E-state index in [9.17, 15) is 4.79 Å². The first-order valence-electron chi connectivity index (χ1n) is 5.07. The second-order valence-electron chi connectivity index (χ2n) is 3.27. The number of hydrogen-bond donors (Lipinski definition) is 0. The van der Waals surface area contributed by atoms with Gasteiger partial charge in [-0.25, -0.2) is 0 Å². The molecule has 2 nitrogen and oxygen atoms in total. The quantitative estimate of drug-likeness (QED) is 0.544. The van der Waals surface area contributed by atoms with E-state index in [2.05, 4.69) is 0 Å². The first-order chi connectivity index (χ1) is 7.25. The van der Waals surface area contributed by atoms with Gasteiger partial charge in [-0.05, 0) is 13.8 Å². The van der Waals surface area contributed by atoms with E-state index >= 15 is 0 Å². The highest BCUT2D eigenvalue weighted by Crippen LogP contribution is 2.05. The maximum absolute atomic E-state index is 11.8. The number of carbonyl (C=O) groups is 1. The van der Waals surface area contributed by atoms with E-state index in [1.165, 1.54) is 0 Å². The van der Waals surface area contributed by atoms with Gasteiger partial charge in [-0.3, -0.25) is 4.79 Å². The zero-order valence-corrected chi connectivity index (χ0v) is 9.14. The number of ketones is 1. The molecular weight excluding hydrogens is 188 g/mol. The molecule has 0 aliphatic carbocycles. The zero-order valence-electron chi connectivity index (χ0n) is 9.14. The summed E-state index contributed by atoms with van der Waals surface area (Å²) in [4.78, 5) is 11.8. The number of carbonyl (C=O) groups excluding carboxylic acids is 1. The molecule has 15 heavy (non-hydrogen) atoms. The van der Waals surface area contributed by atoms with Crippen LogP contribution < -0.4 is 0 Å². The maximum atomic E-state index is 11.8. The van der Waals surface area contributed by atoms with Gasteiger partial charge in [0.25, 0.3) is 0 Å². The van der Waals surface area contributed by atoms with Crippen LogP contribution in [0, 0.1) is 0 Å². The Bertz CT molecular complexity index is 328. The van der Waals surface area contributed by atoms with E-state index in [0.717, 1.165) is 0 Å². The van der Waals surface area contributed by atoms with Gasteiger partial charge in [0, 0.05) is 5.56 Å². The van der Waals surface area contributed by atoms with Crippen LogP contribution in [-0.2, 0) is 4.74 Å². The normalized spacial score (nSPS) is 12.9. The molecule has 0 spiro atoms. The molecule has 0 bridgehead atoms. The molecule has 1 aromatic rings. The van der Waals surface area contributed by atoms with Crippen molar-refractivity contribution in [2.45, 2.75) is 20.0 Å². The third-order valence-electron chi connectivity index (χ3n) is 2.11. The van der Waals surface area contributed by atoms with Gasteiger partial charge in [-0.2, -0.15) is 0 Å². The lowest BCUT2D eigenvalue weighted by molar-refractivity contribution is 0.0566. The lowest BCUT2D eigenvalue weighted by Crippen LogP contribution is -2.20. The van der Waals surface area contributed by atoms with Gasteiger partial charge < -0.3 is 4.74 Å². The van der Waals surface area contributed by atoms with Crippen molar-refractivity contribution >= 4 is 5.78 Å². The predicted molar refractivity (Wildman–Crippen MR) is 61.0 cm³/mol. The van der Waals surface area contributed by atoms with Crippen LogP contribution in [0.4, 0.5) is 0 Å². The molecule has 0 aromatic heterocycles. The van der Waals surface area contributed by atoms with Gasteiger partial charge in [0.15, 0.2) is 5.78 Å². The molecule has 0 amide bonds. The van der Waals surface area contributed by atoms with Crippen molar-refractivity contribution in [1.82, 2.24) is 0 Å². The Morgan fingerprint density at radius 1 is 1.40 bits per heavy atom. The highest BCUT2D eigenvalue weighted by Gasteiger charge is 2.14. The number of rotatable bonds is 5. The van der Waals surface area contributed by atoms with E-state index in [1.807, 2.05) is 37.3 Å². The van der Waals surface area contributed by atoms with Gasteiger partial charge in [0.2, 0.25) is 0 Å². The monoisotopic (exact) mass is 204 g/mol. The lowest BCUT2D eigenvalue weighted by atomic mass is 10.1. The lowest BCUT2D eigenvalue weighted by Gasteiger charge is -2.10. The van der Waals surface area contributed by atoms with Gasteiger partial charge in [-0.15, -0.1) is 0 Å². The predicted octanol–water partition coefficient (Wildman–Crippen LogP) is 2.85. The van der Waals surface area contributed by atoms with Crippen molar-refractivity contribution in [3.63, 3.8) is 0 Å². The van der Waals surface area contributed by atoms with Crippen LogP contribution in [0.5, 0.6) is 0 Å². The van der Waals surface area contributed by atoms with E-state index in [-0.39, 0.29) is 11.9 Å². The molecule has 0 aliphatic rings. The van der Waals surface area contributed by atoms with Crippen LogP contribution in [0.2, 0.25) is 0 Å². The Morgan fingerprint density at radius 2 is 2.07 bits per heavy atom. The van der Waals surface area contributed by atoms with Crippen molar-refractivity contribution < 1.29 is 9.53 Å². The number of ether oxygens (including phenoxy) is 1. The van der Waals surface area contributed by atoms with Crippen molar-refractivity contribution in [3.8, 4) is 0 Å². The van der Waals surface area contributed by atoms with Crippen LogP contribution in [0.1, 0.15) is 24.2 Å². The van der Waals surface area contributed by atoms with Crippen LogP contribution >= 0.6 is 0 Å². The van der Waals surface area contributed by atoms with Crippen molar-refractivity contribution in [2.24, 2.45) is 0 Å². The molecule has 2 heteroatoms. The summed E-state index contributed by atoms with van der Waals surface area (Å²) in [5, 5.41) is 0. The molecule has 1 aromatic carbocycles. The summed E-state index contributed by atoms with van der Waals surface area (Å²) in [7, 11) is 0. The fourth-order valence-electron chi connectivity index (χ4n) is 1.21. The molecule has 0 saturated heterocycles. The summed E-state index contributed by atoms with van der Waals surface area (Å²) in [6.07, 6.45) is 3.40. The average Bonchev–Trinajstić information content (AvgIpc) is 2.29. The van der Waals surface area contributed by atoms with Gasteiger partial charge in [0.1, 0.15) is 6.10 Å². The van der Waals surface area contributed by atoms with E-state index in [1.54, 1.807) is 19.1 Å². The second-order valence-corrected chi connectivity index (χ2v) is 3.27. The summed E-state index contributed by atoms with van der Waals surface area (Å²) in [6, 6.07) is 9.20. The highest BCUT2D eigenvalue weighted by molar-refractivity contribution is 5.99. The minimum absolute atomic E-state index is 0.0279. The summed E-state index contributed by atoms with van der Waals surface area (Å²) in [6.45, 7) is 4.18. The first-order valence-corrected chi connectivity index (χ1v) is 5.07. The Morgan fingerprint density at radius 3 is 2.67 bits per heavy atom. The topological polar surface area (TPSA) is 26.3 Å². The minimum Gasteiger partial charge on any atom is -0.366 e. The molecule has 1 atom stereocenters. The van der Waals surface area contributed by atoms with Crippen molar-refractivity contribution in [1.29, 1.82) is 0 Å². The molecule has 0 aliphatic heterocycles. The Labute approximate surface area is 90.6 Å². The number of Topliss-reactive ketones (excluding diaryl/α,β-unsaturated/α-hetero) is 1. The zero-order chi connectivity index (χ0) is 11.1. The standard InChI is InChI=1S/C13H16O2/c1-3-4-10-15-11(2)13(14)12-8-6-5-7-9-12/h3-9,11H,10H2,1-2H3. The average molecular weight is 204 g/mol. The summed E-state index contributed by atoms with van der Waals surface area (Å²) in [5.41, 5.74) is 0.700. The first kappa shape index (κ1) is 11.7. The van der Waals surface area contributed by atoms with Crippen LogP contribution in [-0.4, -0.2) is 18.5 Å². The molecule has 0 fully saturated rings. The second kappa shape index (κ2) is 6.14. The Kier molecular flexibility index (Phi) is 4.78. The summed E-state index contributed by atoms with van der Waals surface area (Å²) in [5.74, 6) is 0.0279. The molecule has 1 rings (SSSR count). The van der Waals surface area contributed by atoms with E-state index in [4.69, 9.17) is 4.74 Å². The molecule has 0 radical (unpaired) electrons. The molecule has 0 N–H and O–H groups in total. The smallest absolute Gasteiger partial charge is 0.191 e. The van der Waals surface area contributed by atoms with Gasteiger partial charge in [-0.1, -0.05) is 42.5 Å². The molecule has 1 unspecified atom stereocenters. The molecule has 0 saturated carbocycles. The van der Waals surface area contributed by atoms with Crippen molar-refractivity contribution in [3.05, 3.63) is 48.0 Å². The van der Waals surface area contributed by atoms with Crippen LogP contribution in [0.25, 0.3) is 0 Å². The third kappa shape index (κ3) is 3.68. The minimum atomic E-state index is -0.386. The molecule has 0 heterocycles. The maximum Gasteiger partial charge on any atom is 0.191 e. The number of hydrogen-bond acceptors (Lipinski definition) is 2. The van der Waals surface area contributed by atoms with E-state index in [0.29, 0.717) is 12.2 Å². The summed E-state index contributed by atoms with van der Waals surface area (Å²) >= 11 is 0. The Balaban J connectivity index is 2.53. The van der Waals surface area contributed by atoms with E-state index < -0.39 is 0 Å². The number of allylic oxidation sites excluding steroid dienone is 1.